The van der Waals surface area contributed by atoms with Crippen LogP contribution >= 0.6 is 11.3 Å². The number of anilines is 2. The topological polar surface area (TPSA) is 88.2 Å². The number of aryl methyl sites for hydroxylation is 1. The van der Waals surface area contributed by atoms with E-state index in [-0.39, 0.29) is 16.5 Å². The molecule has 0 saturated carbocycles. The zero-order chi connectivity index (χ0) is 22.7. The van der Waals surface area contributed by atoms with E-state index in [9.17, 15) is 17.6 Å². The molecule has 2 N–H and O–H groups in total. The molecule has 32 heavy (non-hydrogen) atoms. The van der Waals surface area contributed by atoms with Gasteiger partial charge in [-0.15, -0.1) is 11.3 Å². The molecule has 3 aromatic carbocycles. The van der Waals surface area contributed by atoms with E-state index in [0.717, 1.165) is 28.4 Å². The molecule has 1 amide bonds. The van der Waals surface area contributed by atoms with Crippen LogP contribution in [-0.4, -0.2) is 19.3 Å². The minimum absolute atomic E-state index is 0.0584. The zero-order valence-corrected chi connectivity index (χ0v) is 18.5. The first-order valence-corrected chi connectivity index (χ1v) is 11.9. The second kappa shape index (κ2) is 8.89. The maximum atomic E-state index is 13.0. The first-order chi connectivity index (χ1) is 15.3. The molecule has 4 rings (SSSR count). The van der Waals surface area contributed by atoms with Gasteiger partial charge in [0, 0.05) is 27.9 Å². The molecular weight excluding hydrogens is 449 g/mol. The van der Waals surface area contributed by atoms with E-state index in [1.54, 1.807) is 23.5 Å². The lowest BCUT2D eigenvalue weighted by Crippen LogP contribution is -2.14. The summed E-state index contributed by atoms with van der Waals surface area (Å²) < 4.78 is 40.2. The van der Waals surface area contributed by atoms with Gasteiger partial charge in [-0.3, -0.25) is 9.52 Å². The van der Waals surface area contributed by atoms with Crippen LogP contribution < -0.4 is 10.0 Å². The van der Waals surface area contributed by atoms with Crippen molar-refractivity contribution in [3.05, 3.63) is 94.6 Å². The Bertz CT molecular complexity index is 1350. The Morgan fingerprint density at radius 3 is 2.12 bits per heavy atom. The summed E-state index contributed by atoms with van der Waals surface area (Å²) in [6, 6.07) is 17.9. The van der Waals surface area contributed by atoms with Crippen molar-refractivity contribution < 1.29 is 17.6 Å². The highest BCUT2D eigenvalue weighted by Gasteiger charge is 2.15. The number of sulfonamides is 1. The standard InChI is InChI=1S/C23H18FN3O3S2/c1-15-25-22(14-31-15)16-2-8-19(9-3-16)26-23(28)17-4-10-20(11-5-17)27-32(29,30)21-12-6-18(24)7-13-21/h2-14,27H,1H3,(H,26,28). The summed E-state index contributed by atoms with van der Waals surface area (Å²) in [6.07, 6.45) is 0. The third-order valence-electron chi connectivity index (χ3n) is 4.58. The number of hydrogen-bond donors (Lipinski definition) is 2. The molecule has 162 valence electrons. The van der Waals surface area contributed by atoms with E-state index in [1.165, 1.54) is 36.4 Å². The molecule has 0 aliphatic rings. The first-order valence-electron chi connectivity index (χ1n) is 9.52. The fourth-order valence-corrected chi connectivity index (χ4v) is 4.62. The summed E-state index contributed by atoms with van der Waals surface area (Å²) in [4.78, 5) is 16.9. The van der Waals surface area contributed by atoms with Crippen LogP contribution in [0.3, 0.4) is 0 Å². The number of rotatable bonds is 6. The zero-order valence-electron chi connectivity index (χ0n) is 16.9. The van der Waals surface area contributed by atoms with Crippen molar-refractivity contribution in [2.24, 2.45) is 0 Å². The highest BCUT2D eigenvalue weighted by atomic mass is 32.2. The summed E-state index contributed by atoms with van der Waals surface area (Å²) in [5.74, 6) is -0.845. The fraction of sp³-hybridized carbons (Fsp3) is 0.0435. The van der Waals surface area contributed by atoms with E-state index in [2.05, 4.69) is 15.0 Å². The number of carbonyl (C=O) groups is 1. The van der Waals surface area contributed by atoms with Crippen LogP contribution in [-0.2, 0) is 10.0 Å². The maximum Gasteiger partial charge on any atom is 0.261 e. The van der Waals surface area contributed by atoms with Gasteiger partial charge in [0.05, 0.1) is 15.6 Å². The van der Waals surface area contributed by atoms with Crippen molar-refractivity contribution in [2.75, 3.05) is 10.0 Å². The average Bonchev–Trinajstić information content (AvgIpc) is 3.21. The number of hydrogen-bond acceptors (Lipinski definition) is 5. The Kier molecular flexibility index (Phi) is 6.02. The minimum Gasteiger partial charge on any atom is -0.322 e. The number of benzene rings is 3. The number of thiazole rings is 1. The number of aromatic nitrogens is 1. The smallest absolute Gasteiger partial charge is 0.261 e. The van der Waals surface area contributed by atoms with Gasteiger partial charge in [0.2, 0.25) is 0 Å². The van der Waals surface area contributed by atoms with Crippen LogP contribution in [0.1, 0.15) is 15.4 Å². The molecule has 0 unspecified atom stereocenters. The molecule has 0 aliphatic carbocycles. The molecule has 1 heterocycles. The van der Waals surface area contributed by atoms with Crippen LogP contribution in [0.2, 0.25) is 0 Å². The number of halogens is 1. The lowest BCUT2D eigenvalue weighted by Gasteiger charge is -2.09. The van der Waals surface area contributed by atoms with Crippen LogP contribution in [0.15, 0.2) is 83.1 Å². The molecule has 4 aromatic rings. The lowest BCUT2D eigenvalue weighted by atomic mass is 10.1. The van der Waals surface area contributed by atoms with E-state index >= 15 is 0 Å². The third-order valence-corrected chi connectivity index (χ3v) is 6.75. The molecule has 0 atom stereocenters. The maximum absolute atomic E-state index is 13.0. The molecule has 0 fully saturated rings. The second-order valence-corrected chi connectivity index (χ2v) is 9.66. The van der Waals surface area contributed by atoms with E-state index in [4.69, 9.17) is 0 Å². The van der Waals surface area contributed by atoms with Crippen molar-refractivity contribution in [3.63, 3.8) is 0 Å². The van der Waals surface area contributed by atoms with Gasteiger partial charge in [0.1, 0.15) is 5.82 Å². The Balaban J connectivity index is 1.41. The molecule has 9 heteroatoms. The molecule has 0 bridgehead atoms. The molecule has 0 spiro atoms. The first kappa shape index (κ1) is 21.7. The Morgan fingerprint density at radius 1 is 0.906 bits per heavy atom. The summed E-state index contributed by atoms with van der Waals surface area (Å²) in [5, 5.41) is 5.78. The molecule has 0 aliphatic heterocycles. The third kappa shape index (κ3) is 5.01. The van der Waals surface area contributed by atoms with Crippen molar-refractivity contribution in [1.82, 2.24) is 4.98 Å². The minimum atomic E-state index is -3.86. The van der Waals surface area contributed by atoms with Gasteiger partial charge in [-0.25, -0.2) is 17.8 Å². The van der Waals surface area contributed by atoms with Crippen LogP contribution in [0, 0.1) is 12.7 Å². The highest BCUT2D eigenvalue weighted by molar-refractivity contribution is 7.92. The van der Waals surface area contributed by atoms with Gasteiger partial charge < -0.3 is 5.32 Å². The van der Waals surface area contributed by atoms with Gasteiger partial charge in [-0.1, -0.05) is 12.1 Å². The summed E-state index contributed by atoms with van der Waals surface area (Å²) >= 11 is 1.58. The predicted molar refractivity (Wildman–Crippen MR) is 124 cm³/mol. The molecule has 0 radical (unpaired) electrons. The second-order valence-electron chi connectivity index (χ2n) is 6.92. The molecule has 6 nitrogen and oxygen atoms in total. The van der Waals surface area contributed by atoms with Gasteiger partial charge in [0.25, 0.3) is 15.9 Å². The molecule has 0 saturated heterocycles. The SMILES string of the molecule is Cc1nc(-c2ccc(NC(=O)c3ccc(NS(=O)(=O)c4ccc(F)cc4)cc3)cc2)cs1. The van der Waals surface area contributed by atoms with Crippen molar-refractivity contribution >= 4 is 38.6 Å². The van der Waals surface area contributed by atoms with Crippen molar-refractivity contribution in [1.29, 1.82) is 0 Å². The van der Waals surface area contributed by atoms with Gasteiger partial charge in [-0.2, -0.15) is 0 Å². The van der Waals surface area contributed by atoms with Gasteiger partial charge >= 0.3 is 0 Å². The van der Waals surface area contributed by atoms with E-state index in [0.29, 0.717) is 11.3 Å². The monoisotopic (exact) mass is 467 g/mol. The van der Waals surface area contributed by atoms with Crippen molar-refractivity contribution in [3.8, 4) is 11.3 Å². The largest absolute Gasteiger partial charge is 0.322 e. The predicted octanol–water partition coefficient (Wildman–Crippen LogP) is 5.31. The number of amides is 1. The van der Waals surface area contributed by atoms with E-state index in [1.807, 2.05) is 24.4 Å². The van der Waals surface area contributed by atoms with Gasteiger partial charge in [0.15, 0.2) is 0 Å². The quantitative estimate of drug-likeness (QED) is 0.402. The normalized spacial score (nSPS) is 11.2. The van der Waals surface area contributed by atoms with Crippen LogP contribution in [0.5, 0.6) is 0 Å². The fourth-order valence-electron chi connectivity index (χ4n) is 2.94. The van der Waals surface area contributed by atoms with E-state index < -0.39 is 15.8 Å². The molecular formula is C23H18FN3O3S2. The summed E-state index contributed by atoms with van der Waals surface area (Å²) in [5.41, 5.74) is 3.14. The Morgan fingerprint density at radius 2 is 1.53 bits per heavy atom. The number of nitrogens with zero attached hydrogens (tertiary/aromatic N) is 1. The molecule has 1 aromatic heterocycles. The number of nitrogens with one attached hydrogen (secondary N) is 2. The Labute approximate surface area is 188 Å². The van der Waals surface area contributed by atoms with Crippen LogP contribution in [0.25, 0.3) is 11.3 Å². The summed E-state index contributed by atoms with van der Waals surface area (Å²) in [6.45, 7) is 1.95. The lowest BCUT2D eigenvalue weighted by molar-refractivity contribution is 0.102. The average molecular weight is 468 g/mol. The Hall–Kier alpha value is -3.56. The summed E-state index contributed by atoms with van der Waals surface area (Å²) in [7, 11) is -3.86. The highest BCUT2D eigenvalue weighted by Crippen LogP contribution is 2.23. The van der Waals surface area contributed by atoms with Crippen LogP contribution in [0.4, 0.5) is 15.8 Å². The number of carbonyl (C=O) groups excluding carboxylic acids is 1. The van der Waals surface area contributed by atoms with Crippen molar-refractivity contribution in [2.45, 2.75) is 11.8 Å². The van der Waals surface area contributed by atoms with Gasteiger partial charge in [-0.05, 0) is 67.6 Å².